The van der Waals surface area contributed by atoms with Gasteiger partial charge < -0.3 is 9.79 Å². The van der Waals surface area contributed by atoms with Gasteiger partial charge in [-0.3, -0.25) is 9.05 Å². The Kier molecular flexibility index (Phi) is 18.1. The Labute approximate surface area is 161 Å². The van der Waals surface area contributed by atoms with Gasteiger partial charge in [0.2, 0.25) is 0 Å². The van der Waals surface area contributed by atoms with Gasteiger partial charge in [-0.15, -0.1) is 0 Å². The summed E-state index contributed by atoms with van der Waals surface area (Å²) in [5.74, 6) is 0. The lowest BCUT2D eigenvalue weighted by molar-refractivity contribution is 0.138. The van der Waals surface area contributed by atoms with Crippen molar-refractivity contribution in [2.45, 2.75) is 84.0 Å². The summed E-state index contributed by atoms with van der Waals surface area (Å²) in [5, 5.41) is 0. The van der Waals surface area contributed by atoms with E-state index in [1.165, 1.54) is 57.8 Å². The van der Waals surface area contributed by atoms with E-state index >= 15 is 0 Å². The van der Waals surface area contributed by atoms with Crippen molar-refractivity contribution in [1.82, 2.24) is 4.90 Å². The zero-order chi connectivity index (χ0) is 19.5. The van der Waals surface area contributed by atoms with Crippen LogP contribution in [-0.2, 0) is 13.6 Å². The molecule has 1 unspecified atom stereocenters. The van der Waals surface area contributed by atoms with E-state index in [1.54, 1.807) is 0 Å². The van der Waals surface area contributed by atoms with Crippen LogP contribution in [0, 0.1) is 0 Å². The molecule has 0 radical (unpaired) electrons. The van der Waals surface area contributed by atoms with Crippen LogP contribution in [0.3, 0.4) is 0 Å². The fourth-order valence-electron chi connectivity index (χ4n) is 2.55. The van der Waals surface area contributed by atoms with Crippen LogP contribution < -0.4 is 0 Å². The predicted molar refractivity (Wildman–Crippen MR) is 111 cm³/mol. The fourth-order valence-corrected chi connectivity index (χ4v) is 3.30. The summed E-state index contributed by atoms with van der Waals surface area (Å²) in [6, 6.07) is 0. The Morgan fingerprint density at radius 3 is 1.88 bits per heavy atom. The van der Waals surface area contributed by atoms with Gasteiger partial charge in [-0.25, -0.2) is 4.57 Å². The number of hydrogen-bond acceptors (Lipinski definition) is 4. The van der Waals surface area contributed by atoms with Gasteiger partial charge in [0.15, 0.2) is 0 Å². The van der Waals surface area contributed by atoms with Gasteiger partial charge in [-0.1, -0.05) is 64.0 Å². The molecule has 0 aliphatic carbocycles. The average Bonchev–Trinajstić information content (AvgIpc) is 2.57. The number of nitrogens with zero attached hydrogens (tertiary/aromatic N) is 1. The van der Waals surface area contributed by atoms with Crippen LogP contribution in [0.2, 0.25) is 0 Å². The topological polar surface area (TPSA) is 59.0 Å². The second-order valence-electron chi connectivity index (χ2n) is 7.17. The van der Waals surface area contributed by atoms with Crippen molar-refractivity contribution < 1.29 is 18.5 Å². The van der Waals surface area contributed by atoms with Crippen LogP contribution in [0.15, 0.2) is 12.2 Å². The standard InChI is InChI=1S/C20H42NO4P/c1-4-5-6-7-8-9-10-11-12-13-14-15-16-17-19-24-26(22,23)25-20-18-21(2)3/h9-10H,4-8,11-20H2,1-3H3,(H,22,23)/b10-9+. The highest BCUT2D eigenvalue weighted by molar-refractivity contribution is 7.47. The van der Waals surface area contributed by atoms with E-state index in [1.807, 2.05) is 19.0 Å². The molecule has 5 nitrogen and oxygen atoms in total. The number of hydrogen-bond donors (Lipinski definition) is 1. The lowest BCUT2D eigenvalue weighted by Gasteiger charge is -2.14. The van der Waals surface area contributed by atoms with Crippen LogP contribution in [0.4, 0.5) is 0 Å². The molecule has 0 aromatic carbocycles. The molecule has 26 heavy (non-hydrogen) atoms. The van der Waals surface area contributed by atoms with E-state index in [9.17, 15) is 9.46 Å². The molecule has 1 N–H and O–H groups in total. The zero-order valence-corrected chi connectivity index (χ0v) is 18.2. The quantitative estimate of drug-likeness (QED) is 0.168. The average molecular weight is 392 g/mol. The highest BCUT2D eigenvalue weighted by Crippen LogP contribution is 2.43. The maximum absolute atomic E-state index is 11.6. The highest BCUT2D eigenvalue weighted by Gasteiger charge is 2.20. The van der Waals surface area contributed by atoms with Crippen molar-refractivity contribution in [3.8, 4) is 0 Å². The molecular formula is C20H42NO4P. The summed E-state index contributed by atoms with van der Waals surface area (Å²) < 4.78 is 21.5. The summed E-state index contributed by atoms with van der Waals surface area (Å²) in [6.07, 6.45) is 19.2. The number of phosphoric ester groups is 1. The molecule has 0 rings (SSSR count). The molecule has 0 aromatic rings. The smallest absolute Gasteiger partial charge is 0.307 e. The van der Waals surface area contributed by atoms with E-state index in [-0.39, 0.29) is 13.2 Å². The molecule has 0 saturated heterocycles. The first-order chi connectivity index (χ1) is 12.5. The molecule has 0 aliphatic heterocycles. The van der Waals surface area contributed by atoms with Gasteiger partial charge >= 0.3 is 7.82 Å². The maximum atomic E-state index is 11.6. The van der Waals surface area contributed by atoms with Gasteiger partial charge in [0.1, 0.15) is 0 Å². The number of phosphoric acid groups is 1. The van der Waals surface area contributed by atoms with Gasteiger partial charge in [0.05, 0.1) is 13.2 Å². The molecule has 1 atom stereocenters. The first-order valence-corrected chi connectivity index (χ1v) is 11.9. The van der Waals surface area contributed by atoms with Crippen molar-refractivity contribution in [1.29, 1.82) is 0 Å². The number of rotatable bonds is 19. The van der Waals surface area contributed by atoms with E-state index < -0.39 is 7.82 Å². The van der Waals surface area contributed by atoms with Crippen molar-refractivity contribution >= 4 is 7.82 Å². The Bertz CT molecular complexity index is 375. The largest absolute Gasteiger partial charge is 0.472 e. The minimum atomic E-state index is -3.87. The molecule has 0 heterocycles. The molecule has 0 aliphatic rings. The SMILES string of the molecule is CCCCCC/C=C/CCCCCCCCOP(=O)(O)OCCN(C)C. The van der Waals surface area contributed by atoms with E-state index in [2.05, 4.69) is 19.1 Å². The van der Waals surface area contributed by atoms with Gasteiger partial charge in [0, 0.05) is 6.54 Å². The van der Waals surface area contributed by atoms with E-state index in [4.69, 9.17) is 9.05 Å². The summed E-state index contributed by atoms with van der Waals surface area (Å²) in [5.41, 5.74) is 0. The number of allylic oxidation sites excluding steroid dienone is 2. The second-order valence-corrected chi connectivity index (χ2v) is 8.62. The molecule has 6 heteroatoms. The van der Waals surface area contributed by atoms with Crippen LogP contribution in [0.1, 0.15) is 84.0 Å². The van der Waals surface area contributed by atoms with Crippen LogP contribution in [-0.4, -0.2) is 43.6 Å². The fraction of sp³-hybridized carbons (Fsp3) is 0.900. The number of unbranched alkanes of at least 4 members (excludes halogenated alkanes) is 10. The molecule has 156 valence electrons. The summed E-state index contributed by atoms with van der Waals surface area (Å²) in [4.78, 5) is 11.4. The summed E-state index contributed by atoms with van der Waals surface area (Å²) in [7, 11) is -0.0967. The van der Waals surface area contributed by atoms with Crippen molar-refractivity contribution in [2.75, 3.05) is 33.9 Å². The monoisotopic (exact) mass is 391 g/mol. The minimum absolute atomic E-state index is 0.202. The highest BCUT2D eigenvalue weighted by atomic mass is 31.2. The molecule has 0 aromatic heterocycles. The Balaban J connectivity index is 3.33. The molecule has 0 bridgehead atoms. The third-order valence-corrected chi connectivity index (χ3v) is 5.22. The summed E-state index contributed by atoms with van der Waals surface area (Å²) >= 11 is 0. The Hall–Kier alpha value is -0.190. The van der Waals surface area contributed by atoms with Crippen molar-refractivity contribution in [2.24, 2.45) is 0 Å². The lowest BCUT2D eigenvalue weighted by atomic mass is 10.1. The van der Waals surface area contributed by atoms with E-state index in [0.29, 0.717) is 6.54 Å². The normalized spacial score (nSPS) is 14.3. The van der Waals surface area contributed by atoms with Crippen LogP contribution in [0.5, 0.6) is 0 Å². The van der Waals surface area contributed by atoms with Crippen molar-refractivity contribution in [3.05, 3.63) is 12.2 Å². The first-order valence-electron chi connectivity index (χ1n) is 10.4. The molecular weight excluding hydrogens is 349 g/mol. The zero-order valence-electron chi connectivity index (χ0n) is 17.3. The molecule has 0 amide bonds. The second kappa shape index (κ2) is 18.2. The predicted octanol–water partition coefficient (Wildman–Crippen LogP) is 5.94. The third kappa shape index (κ3) is 20.1. The minimum Gasteiger partial charge on any atom is -0.307 e. The van der Waals surface area contributed by atoms with Crippen LogP contribution >= 0.6 is 7.82 Å². The maximum Gasteiger partial charge on any atom is 0.472 e. The van der Waals surface area contributed by atoms with Crippen molar-refractivity contribution in [3.63, 3.8) is 0 Å². The first kappa shape index (κ1) is 25.8. The molecule has 0 spiro atoms. The Morgan fingerprint density at radius 1 is 0.808 bits per heavy atom. The van der Waals surface area contributed by atoms with Crippen LogP contribution in [0.25, 0.3) is 0 Å². The summed E-state index contributed by atoms with van der Waals surface area (Å²) in [6.45, 7) is 3.34. The van der Waals surface area contributed by atoms with E-state index in [0.717, 1.165) is 19.3 Å². The number of likely N-dealkylation sites (N-methyl/N-ethyl adjacent to an activating group) is 1. The molecule has 0 saturated carbocycles. The molecule has 0 fully saturated rings. The third-order valence-electron chi connectivity index (χ3n) is 4.20. The lowest BCUT2D eigenvalue weighted by Crippen LogP contribution is -2.17. The van der Waals surface area contributed by atoms with Gasteiger partial charge in [0.25, 0.3) is 0 Å². The van der Waals surface area contributed by atoms with Gasteiger partial charge in [-0.05, 0) is 46.2 Å². The van der Waals surface area contributed by atoms with Gasteiger partial charge in [-0.2, -0.15) is 0 Å². The Morgan fingerprint density at radius 2 is 1.31 bits per heavy atom.